The summed E-state index contributed by atoms with van der Waals surface area (Å²) >= 11 is 0. The van der Waals surface area contributed by atoms with E-state index in [1.54, 1.807) is 0 Å². The van der Waals surface area contributed by atoms with Crippen molar-refractivity contribution in [2.45, 2.75) is 28.4 Å². The number of alkyl halides is 3. The highest BCUT2D eigenvalue weighted by atomic mass is 32.2. The van der Waals surface area contributed by atoms with E-state index in [1.165, 1.54) is 24.3 Å². The molecule has 1 spiro atoms. The lowest BCUT2D eigenvalue weighted by molar-refractivity contribution is -0.275. The van der Waals surface area contributed by atoms with Crippen molar-refractivity contribution in [1.82, 2.24) is 0 Å². The number of nitrogens with one attached hydrogen (secondary N) is 1. The third-order valence-corrected chi connectivity index (χ3v) is 6.26. The second-order valence-corrected chi connectivity index (χ2v) is 8.24. The summed E-state index contributed by atoms with van der Waals surface area (Å²) in [5, 5.41) is 2.56. The summed E-state index contributed by atoms with van der Waals surface area (Å²) in [5.41, 5.74) is 0.452. The van der Waals surface area contributed by atoms with Crippen LogP contribution < -0.4 is 10.1 Å². The van der Waals surface area contributed by atoms with Crippen LogP contribution >= 0.6 is 0 Å². The van der Waals surface area contributed by atoms with E-state index in [2.05, 4.69) is 10.1 Å². The van der Waals surface area contributed by atoms with E-state index in [0.717, 1.165) is 18.2 Å². The van der Waals surface area contributed by atoms with Crippen molar-refractivity contribution in [3.05, 3.63) is 48.0 Å². The second-order valence-electron chi connectivity index (χ2n) is 6.33. The Balaban J connectivity index is 1.80. The molecule has 7 nitrogen and oxygen atoms in total. The lowest BCUT2D eigenvalue weighted by Crippen LogP contribution is -2.43. The number of halogens is 3. The minimum absolute atomic E-state index is 0.150. The van der Waals surface area contributed by atoms with Gasteiger partial charge in [-0.1, -0.05) is 12.1 Å². The zero-order valence-electron chi connectivity index (χ0n) is 14.7. The SMILES string of the molecule is O=C1Nc2ccc(S(=O)(=O)c3ccccc3OC(F)(F)F)cc2C12OCCCO2. The van der Waals surface area contributed by atoms with Gasteiger partial charge in [-0.05, 0) is 36.8 Å². The first-order chi connectivity index (χ1) is 13.6. The van der Waals surface area contributed by atoms with Gasteiger partial charge in [-0.3, -0.25) is 4.79 Å². The van der Waals surface area contributed by atoms with Crippen LogP contribution in [0.4, 0.5) is 18.9 Å². The third kappa shape index (κ3) is 3.34. The molecule has 1 amide bonds. The molecule has 4 rings (SSSR count). The van der Waals surface area contributed by atoms with Crippen molar-refractivity contribution in [2.75, 3.05) is 18.5 Å². The number of rotatable bonds is 3. The Morgan fingerprint density at radius 1 is 1.07 bits per heavy atom. The number of anilines is 1. The van der Waals surface area contributed by atoms with E-state index in [0.29, 0.717) is 12.1 Å². The number of ether oxygens (including phenoxy) is 3. The molecule has 0 aliphatic carbocycles. The second kappa shape index (κ2) is 6.71. The number of para-hydroxylation sites is 1. The van der Waals surface area contributed by atoms with E-state index in [-0.39, 0.29) is 23.7 Å². The van der Waals surface area contributed by atoms with Crippen molar-refractivity contribution >= 4 is 21.4 Å². The summed E-state index contributed by atoms with van der Waals surface area (Å²) in [6, 6.07) is 8.11. The molecule has 0 bridgehead atoms. The number of hydrogen-bond donors (Lipinski definition) is 1. The molecule has 2 aliphatic rings. The maximum absolute atomic E-state index is 13.1. The Bertz CT molecular complexity index is 1080. The lowest BCUT2D eigenvalue weighted by Gasteiger charge is -2.31. The molecule has 0 unspecified atom stereocenters. The van der Waals surface area contributed by atoms with Crippen molar-refractivity contribution < 1.29 is 40.6 Å². The molecule has 2 aromatic carbocycles. The van der Waals surface area contributed by atoms with Crippen LogP contribution in [0.1, 0.15) is 12.0 Å². The van der Waals surface area contributed by atoms with Crippen LogP contribution in [0, 0.1) is 0 Å². The number of hydrogen-bond acceptors (Lipinski definition) is 6. The third-order valence-electron chi connectivity index (χ3n) is 4.47. The monoisotopic (exact) mass is 429 g/mol. The van der Waals surface area contributed by atoms with E-state index in [1.807, 2.05) is 0 Å². The minimum atomic E-state index is -5.06. The number of amides is 1. The van der Waals surface area contributed by atoms with Crippen LogP contribution in [0.15, 0.2) is 52.3 Å². The standard InChI is InChI=1S/C18H14F3NO6S/c19-18(20,21)28-14-4-1-2-5-15(14)29(24,25)11-6-7-13-12(10-11)17(16(23)22-13)26-8-3-9-27-17/h1-2,4-7,10H,3,8-9H2,(H,22,23). The first-order valence-corrected chi connectivity index (χ1v) is 9.96. The average Bonchev–Trinajstić information content (AvgIpc) is 2.92. The Kier molecular flexibility index (Phi) is 4.56. The highest BCUT2D eigenvalue weighted by Crippen LogP contribution is 2.43. The summed E-state index contributed by atoms with van der Waals surface area (Å²) in [6.07, 6.45) is -4.50. The quantitative estimate of drug-likeness (QED) is 0.807. The summed E-state index contributed by atoms with van der Waals surface area (Å²) in [4.78, 5) is 11.4. The molecule has 0 radical (unpaired) electrons. The van der Waals surface area contributed by atoms with Gasteiger partial charge in [0, 0.05) is 5.56 Å². The first kappa shape index (κ1) is 19.7. The molecule has 2 aliphatic heterocycles. The molecular weight excluding hydrogens is 415 g/mol. The topological polar surface area (TPSA) is 90.9 Å². The van der Waals surface area contributed by atoms with Crippen molar-refractivity contribution in [2.24, 2.45) is 0 Å². The maximum atomic E-state index is 13.1. The van der Waals surface area contributed by atoms with Crippen LogP contribution in [-0.2, 0) is 29.9 Å². The predicted octanol–water partition coefficient (Wildman–Crippen LogP) is 2.96. The lowest BCUT2D eigenvalue weighted by atomic mass is 10.1. The molecule has 2 aromatic rings. The van der Waals surface area contributed by atoms with Crippen LogP contribution in [0.2, 0.25) is 0 Å². The van der Waals surface area contributed by atoms with Gasteiger partial charge in [0.25, 0.3) is 11.7 Å². The molecule has 1 N–H and O–H groups in total. The molecule has 0 saturated carbocycles. The van der Waals surface area contributed by atoms with Gasteiger partial charge in [0.05, 0.1) is 23.8 Å². The first-order valence-electron chi connectivity index (χ1n) is 8.47. The van der Waals surface area contributed by atoms with Gasteiger partial charge in [-0.25, -0.2) is 8.42 Å². The van der Waals surface area contributed by atoms with Gasteiger partial charge in [0.1, 0.15) is 10.6 Å². The van der Waals surface area contributed by atoms with Crippen LogP contribution in [0.5, 0.6) is 5.75 Å². The summed E-state index contributed by atoms with van der Waals surface area (Å²) < 4.78 is 79.1. The van der Waals surface area contributed by atoms with Gasteiger partial charge in [-0.15, -0.1) is 13.2 Å². The van der Waals surface area contributed by atoms with Gasteiger partial charge in [0.15, 0.2) is 0 Å². The molecule has 2 heterocycles. The fraction of sp³-hybridized carbons (Fsp3) is 0.278. The number of fused-ring (bicyclic) bond motifs is 2. The highest BCUT2D eigenvalue weighted by Gasteiger charge is 2.51. The molecule has 1 saturated heterocycles. The Morgan fingerprint density at radius 2 is 1.76 bits per heavy atom. The number of carbonyl (C=O) groups is 1. The summed E-state index contributed by atoms with van der Waals surface area (Å²) in [6.45, 7) is 0.457. The number of sulfone groups is 1. The average molecular weight is 429 g/mol. The molecule has 0 atom stereocenters. The molecule has 11 heteroatoms. The summed E-state index contributed by atoms with van der Waals surface area (Å²) in [5.74, 6) is -3.22. The smallest absolute Gasteiger partial charge is 0.404 e. The molecule has 0 aromatic heterocycles. The fourth-order valence-corrected chi connectivity index (χ4v) is 4.63. The Labute approximate surface area is 163 Å². The van der Waals surface area contributed by atoms with E-state index in [9.17, 15) is 26.4 Å². The van der Waals surface area contributed by atoms with Crippen molar-refractivity contribution in [3.8, 4) is 5.75 Å². The molecule has 1 fully saturated rings. The number of benzene rings is 2. The molecular formula is C18H14F3NO6S. The predicted molar refractivity (Wildman–Crippen MR) is 91.8 cm³/mol. The largest absolute Gasteiger partial charge is 0.573 e. The zero-order chi connectivity index (χ0) is 20.9. The Morgan fingerprint density at radius 3 is 2.45 bits per heavy atom. The van der Waals surface area contributed by atoms with Gasteiger partial charge < -0.3 is 19.5 Å². The Hall–Kier alpha value is -2.63. The van der Waals surface area contributed by atoms with Crippen molar-refractivity contribution in [1.29, 1.82) is 0 Å². The van der Waals surface area contributed by atoms with Gasteiger partial charge >= 0.3 is 6.36 Å². The van der Waals surface area contributed by atoms with E-state index in [4.69, 9.17) is 9.47 Å². The van der Waals surface area contributed by atoms with Gasteiger partial charge in [0.2, 0.25) is 9.84 Å². The van der Waals surface area contributed by atoms with Crippen LogP contribution in [-0.4, -0.2) is 33.9 Å². The molecule has 29 heavy (non-hydrogen) atoms. The fourth-order valence-electron chi connectivity index (χ4n) is 3.23. The minimum Gasteiger partial charge on any atom is -0.404 e. The normalized spacial score (nSPS) is 18.4. The highest BCUT2D eigenvalue weighted by molar-refractivity contribution is 7.91. The number of carbonyl (C=O) groups excluding carboxylic acids is 1. The van der Waals surface area contributed by atoms with Gasteiger partial charge in [-0.2, -0.15) is 0 Å². The van der Waals surface area contributed by atoms with E-state index >= 15 is 0 Å². The van der Waals surface area contributed by atoms with Crippen LogP contribution in [0.3, 0.4) is 0 Å². The van der Waals surface area contributed by atoms with Crippen molar-refractivity contribution in [3.63, 3.8) is 0 Å². The maximum Gasteiger partial charge on any atom is 0.573 e. The van der Waals surface area contributed by atoms with E-state index < -0.39 is 38.5 Å². The molecule has 154 valence electrons. The van der Waals surface area contributed by atoms with Crippen LogP contribution in [0.25, 0.3) is 0 Å². The summed E-state index contributed by atoms with van der Waals surface area (Å²) in [7, 11) is -4.41. The zero-order valence-corrected chi connectivity index (χ0v) is 15.5.